The molecule has 4 N–H and O–H groups in total. The lowest BCUT2D eigenvalue weighted by Crippen LogP contribution is -2.43. The maximum absolute atomic E-state index is 13.0. The maximum Gasteiger partial charge on any atom is 0.330 e. The molecule has 2 aromatic carbocycles. The van der Waals surface area contributed by atoms with E-state index < -0.39 is 11.2 Å². The van der Waals surface area contributed by atoms with Gasteiger partial charge in [0.15, 0.2) is 5.69 Å². The summed E-state index contributed by atoms with van der Waals surface area (Å²) in [5.41, 5.74) is 8.68. The first-order valence-electron chi connectivity index (χ1n) is 10.1. The van der Waals surface area contributed by atoms with E-state index >= 15 is 0 Å². The Morgan fingerprint density at radius 1 is 1.13 bits per heavy atom. The number of likely N-dealkylation sites (N-methyl/N-ethyl adjacent to an activating group) is 1. The number of carbonyl (C=O) groups excluding carboxylic acids is 1. The van der Waals surface area contributed by atoms with E-state index in [0.717, 1.165) is 22.4 Å². The fourth-order valence-corrected chi connectivity index (χ4v) is 3.41. The summed E-state index contributed by atoms with van der Waals surface area (Å²) in [5, 5.41) is 3.13. The van der Waals surface area contributed by atoms with Crippen LogP contribution >= 0.6 is 0 Å². The number of nitrogens with one attached hydrogen (secondary N) is 2. The molecule has 1 aromatic heterocycles. The molecule has 1 amide bonds. The van der Waals surface area contributed by atoms with Crippen LogP contribution in [0.25, 0.3) is 0 Å². The number of rotatable bonds is 7. The molecule has 0 saturated carbocycles. The third kappa shape index (κ3) is 4.85. The fraction of sp³-hybridized carbons (Fsp3) is 0.261. The second-order valence-electron chi connectivity index (χ2n) is 7.37. The first-order valence-corrected chi connectivity index (χ1v) is 10.1. The predicted molar refractivity (Wildman–Crippen MR) is 124 cm³/mol. The first-order chi connectivity index (χ1) is 14.8. The Labute approximate surface area is 180 Å². The topological polar surface area (TPSA) is 113 Å². The zero-order chi connectivity index (χ0) is 22.5. The van der Waals surface area contributed by atoms with Gasteiger partial charge in [0.2, 0.25) is 5.91 Å². The van der Waals surface area contributed by atoms with Crippen LogP contribution in [0.4, 0.5) is 17.2 Å². The first kappa shape index (κ1) is 21.9. The molecule has 8 nitrogen and oxygen atoms in total. The number of H-pyrrole nitrogens is 1. The van der Waals surface area contributed by atoms with Gasteiger partial charge in [-0.3, -0.25) is 19.1 Å². The molecule has 0 aliphatic heterocycles. The molecule has 0 saturated heterocycles. The lowest BCUT2D eigenvalue weighted by atomic mass is 10.1. The van der Waals surface area contributed by atoms with E-state index in [1.165, 1.54) is 9.47 Å². The average molecular weight is 422 g/mol. The van der Waals surface area contributed by atoms with Gasteiger partial charge in [-0.25, -0.2) is 4.79 Å². The van der Waals surface area contributed by atoms with Crippen LogP contribution in [0.3, 0.4) is 0 Å². The number of amides is 1. The number of carbonyl (C=O) groups is 1. The molecule has 0 fully saturated rings. The Morgan fingerprint density at radius 3 is 2.52 bits per heavy atom. The van der Waals surface area contributed by atoms with Gasteiger partial charge in [0, 0.05) is 12.2 Å². The van der Waals surface area contributed by atoms with E-state index in [1.807, 2.05) is 62.4 Å². The number of nitrogen functional groups attached to an aromatic ring is 1. The minimum absolute atomic E-state index is 0.0190. The summed E-state index contributed by atoms with van der Waals surface area (Å²) in [6, 6.07) is 15.2. The molecule has 0 aliphatic carbocycles. The van der Waals surface area contributed by atoms with E-state index in [9.17, 15) is 14.4 Å². The Hall–Kier alpha value is -3.81. The molecule has 8 heteroatoms. The van der Waals surface area contributed by atoms with Crippen molar-refractivity contribution in [2.75, 3.05) is 29.0 Å². The number of hydrogen-bond acceptors (Lipinski definition) is 5. The number of nitrogens with two attached hydrogens (primary N) is 1. The van der Waals surface area contributed by atoms with Gasteiger partial charge < -0.3 is 16.0 Å². The van der Waals surface area contributed by atoms with Gasteiger partial charge in [0.05, 0.1) is 13.1 Å². The Kier molecular flexibility index (Phi) is 6.59. The number of aryl methyl sites for hydroxylation is 2. The van der Waals surface area contributed by atoms with Gasteiger partial charge >= 0.3 is 5.69 Å². The molecule has 0 bridgehead atoms. The molecular weight excluding hydrogens is 394 g/mol. The summed E-state index contributed by atoms with van der Waals surface area (Å²) >= 11 is 0. The minimum Gasteiger partial charge on any atom is -0.383 e. The van der Waals surface area contributed by atoms with E-state index in [0.29, 0.717) is 0 Å². The fourth-order valence-electron chi connectivity index (χ4n) is 3.41. The Bertz CT molecular complexity index is 1200. The Balaban J connectivity index is 1.90. The summed E-state index contributed by atoms with van der Waals surface area (Å²) in [5.74, 6) is -0.370. The molecule has 31 heavy (non-hydrogen) atoms. The van der Waals surface area contributed by atoms with Crippen molar-refractivity contribution < 1.29 is 4.79 Å². The van der Waals surface area contributed by atoms with Crippen LogP contribution in [0.2, 0.25) is 0 Å². The molecule has 1 heterocycles. The van der Waals surface area contributed by atoms with Crippen LogP contribution < -0.4 is 27.2 Å². The predicted octanol–water partition coefficient (Wildman–Crippen LogP) is 2.25. The molecular formula is C23H27N5O3. The second kappa shape index (κ2) is 9.34. The van der Waals surface area contributed by atoms with E-state index in [2.05, 4.69) is 10.3 Å². The smallest absolute Gasteiger partial charge is 0.330 e. The van der Waals surface area contributed by atoms with Crippen LogP contribution in [-0.2, 0) is 11.3 Å². The van der Waals surface area contributed by atoms with E-state index in [-0.39, 0.29) is 37.0 Å². The number of aromatic nitrogens is 2. The van der Waals surface area contributed by atoms with Crippen molar-refractivity contribution >= 4 is 23.1 Å². The summed E-state index contributed by atoms with van der Waals surface area (Å²) in [7, 11) is 0. The normalized spacial score (nSPS) is 10.7. The van der Waals surface area contributed by atoms with Gasteiger partial charge in [-0.1, -0.05) is 42.5 Å². The summed E-state index contributed by atoms with van der Waals surface area (Å²) in [6.07, 6.45) is 0. The van der Waals surface area contributed by atoms with Gasteiger partial charge in [0.25, 0.3) is 5.56 Å². The summed E-state index contributed by atoms with van der Waals surface area (Å²) < 4.78 is 1.26. The minimum atomic E-state index is -0.686. The van der Waals surface area contributed by atoms with Gasteiger partial charge in [-0.05, 0) is 43.5 Å². The molecule has 0 atom stereocenters. The SMILES string of the molecule is CCN(C(=O)CNc1cc(C)ccc1C)c1c(N)n(Cc2ccccc2)c(=O)[nH]c1=O. The van der Waals surface area contributed by atoms with Gasteiger partial charge in [-0.15, -0.1) is 0 Å². The van der Waals surface area contributed by atoms with Crippen molar-refractivity contribution in [3.63, 3.8) is 0 Å². The standard InChI is InChI=1S/C23H27N5O3/c1-4-27(19(29)13-25-18-12-15(2)10-11-16(18)3)20-21(24)28(23(31)26-22(20)30)14-17-8-6-5-7-9-17/h5-12,25H,4,13-14,24H2,1-3H3,(H,26,30,31). The van der Waals surface area contributed by atoms with Crippen molar-refractivity contribution in [3.8, 4) is 0 Å². The average Bonchev–Trinajstić information content (AvgIpc) is 2.75. The Morgan fingerprint density at radius 2 is 1.84 bits per heavy atom. The highest BCUT2D eigenvalue weighted by atomic mass is 16.2. The lowest BCUT2D eigenvalue weighted by Gasteiger charge is -2.23. The van der Waals surface area contributed by atoms with Crippen molar-refractivity contribution in [2.45, 2.75) is 27.3 Å². The molecule has 0 aliphatic rings. The lowest BCUT2D eigenvalue weighted by molar-refractivity contribution is -0.116. The van der Waals surface area contributed by atoms with Crippen molar-refractivity contribution in [2.24, 2.45) is 0 Å². The number of anilines is 3. The quantitative estimate of drug-likeness (QED) is 0.542. The van der Waals surface area contributed by atoms with E-state index in [4.69, 9.17) is 5.73 Å². The zero-order valence-corrected chi connectivity index (χ0v) is 17.9. The van der Waals surface area contributed by atoms with Crippen molar-refractivity contribution in [3.05, 3.63) is 86.1 Å². The number of aromatic amines is 1. The number of hydrogen-bond donors (Lipinski definition) is 3. The molecule has 0 spiro atoms. The third-order valence-corrected chi connectivity index (χ3v) is 5.11. The van der Waals surface area contributed by atoms with Crippen molar-refractivity contribution in [1.82, 2.24) is 9.55 Å². The molecule has 0 unspecified atom stereocenters. The van der Waals surface area contributed by atoms with Crippen LogP contribution in [0.5, 0.6) is 0 Å². The van der Waals surface area contributed by atoms with Crippen LogP contribution in [0.1, 0.15) is 23.6 Å². The van der Waals surface area contributed by atoms with Crippen LogP contribution in [0, 0.1) is 13.8 Å². The highest BCUT2D eigenvalue weighted by Gasteiger charge is 2.23. The maximum atomic E-state index is 13.0. The van der Waals surface area contributed by atoms with Crippen molar-refractivity contribution in [1.29, 1.82) is 0 Å². The molecule has 162 valence electrons. The molecule has 3 aromatic rings. The van der Waals surface area contributed by atoms with Crippen LogP contribution in [0.15, 0.2) is 58.1 Å². The largest absolute Gasteiger partial charge is 0.383 e. The highest BCUT2D eigenvalue weighted by Crippen LogP contribution is 2.19. The monoisotopic (exact) mass is 421 g/mol. The highest BCUT2D eigenvalue weighted by molar-refractivity contribution is 5.98. The van der Waals surface area contributed by atoms with E-state index in [1.54, 1.807) is 6.92 Å². The summed E-state index contributed by atoms with van der Waals surface area (Å²) in [6.45, 7) is 6.06. The van der Waals surface area contributed by atoms with Crippen LogP contribution in [-0.4, -0.2) is 28.5 Å². The second-order valence-corrected chi connectivity index (χ2v) is 7.37. The number of benzene rings is 2. The molecule has 3 rings (SSSR count). The molecule has 0 radical (unpaired) electrons. The van der Waals surface area contributed by atoms with Gasteiger partial charge in [-0.2, -0.15) is 0 Å². The zero-order valence-electron chi connectivity index (χ0n) is 17.9. The van der Waals surface area contributed by atoms with Gasteiger partial charge in [0.1, 0.15) is 5.82 Å². The summed E-state index contributed by atoms with van der Waals surface area (Å²) in [4.78, 5) is 41.5. The number of nitrogens with zero attached hydrogens (tertiary/aromatic N) is 2. The third-order valence-electron chi connectivity index (χ3n) is 5.11.